The van der Waals surface area contributed by atoms with E-state index in [9.17, 15) is 13.2 Å². The van der Waals surface area contributed by atoms with Gasteiger partial charge >= 0.3 is 0 Å². The molecule has 2 heterocycles. The van der Waals surface area contributed by atoms with Gasteiger partial charge in [0.05, 0.1) is 6.54 Å². The summed E-state index contributed by atoms with van der Waals surface area (Å²) in [5.74, 6) is -0.0838. The molecule has 1 fully saturated rings. The van der Waals surface area contributed by atoms with E-state index in [0.29, 0.717) is 42.0 Å². The summed E-state index contributed by atoms with van der Waals surface area (Å²) in [4.78, 5) is 14.1. The fraction of sp³-hybridized carbons (Fsp3) is 0.353. The van der Waals surface area contributed by atoms with Gasteiger partial charge in [-0.2, -0.15) is 4.31 Å². The molecule has 9 heteroatoms. The zero-order chi connectivity index (χ0) is 18.6. The summed E-state index contributed by atoms with van der Waals surface area (Å²) in [6.45, 7) is 2.54. The Morgan fingerprint density at radius 3 is 2.58 bits per heavy atom. The highest BCUT2D eigenvalue weighted by molar-refractivity contribution is 7.91. The standard InChI is InChI=1S/C17H20ClN3O3S2/c18-15-4-1-3-14(11-15)12-19-16(22)13-20-6-8-21(9-7-20)26(23,24)17-5-2-10-25-17/h1-5,10-11H,6-9,12-13H2,(H,19,22). The van der Waals surface area contributed by atoms with Crippen molar-refractivity contribution >= 4 is 38.9 Å². The Kier molecular flexibility index (Phi) is 6.31. The fourth-order valence-electron chi connectivity index (χ4n) is 2.77. The summed E-state index contributed by atoms with van der Waals surface area (Å²) < 4.78 is 26.8. The third-order valence-electron chi connectivity index (χ3n) is 4.17. The molecule has 26 heavy (non-hydrogen) atoms. The van der Waals surface area contributed by atoms with Gasteiger partial charge in [0.25, 0.3) is 10.0 Å². The number of hydrogen-bond donors (Lipinski definition) is 1. The Hall–Kier alpha value is -1.45. The predicted molar refractivity (Wildman–Crippen MR) is 103 cm³/mol. The second-order valence-electron chi connectivity index (χ2n) is 6.02. The Bertz CT molecular complexity index is 848. The fourth-order valence-corrected chi connectivity index (χ4v) is 5.55. The minimum Gasteiger partial charge on any atom is -0.351 e. The zero-order valence-electron chi connectivity index (χ0n) is 14.1. The lowest BCUT2D eigenvalue weighted by molar-refractivity contribution is -0.122. The molecule has 140 valence electrons. The normalized spacial score (nSPS) is 16.5. The first-order valence-corrected chi connectivity index (χ1v) is 10.9. The number of rotatable bonds is 6. The second-order valence-corrected chi connectivity index (χ2v) is 9.57. The lowest BCUT2D eigenvalue weighted by Crippen LogP contribution is -2.50. The first kappa shape index (κ1) is 19.3. The number of sulfonamides is 1. The minimum absolute atomic E-state index is 0.0838. The van der Waals surface area contributed by atoms with Crippen LogP contribution in [0.4, 0.5) is 0 Å². The molecule has 0 saturated carbocycles. The van der Waals surface area contributed by atoms with Crippen LogP contribution < -0.4 is 5.32 Å². The van der Waals surface area contributed by atoms with Crippen molar-refractivity contribution in [1.29, 1.82) is 0 Å². The largest absolute Gasteiger partial charge is 0.351 e. The molecule has 0 spiro atoms. The molecule has 1 aromatic heterocycles. The molecule has 0 atom stereocenters. The van der Waals surface area contributed by atoms with Gasteiger partial charge < -0.3 is 5.32 Å². The molecule has 1 aromatic carbocycles. The highest BCUT2D eigenvalue weighted by Gasteiger charge is 2.29. The average molecular weight is 414 g/mol. The van der Waals surface area contributed by atoms with Gasteiger partial charge in [-0.05, 0) is 29.1 Å². The predicted octanol–water partition coefficient (Wildman–Crippen LogP) is 2.02. The SMILES string of the molecule is O=C(CN1CCN(S(=O)(=O)c2cccs2)CC1)NCc1cccc(Cl)c1. The molecule has 1 aliphatic rings. The maximum absolute atomic E-state index is 12.5. The molecule has 3 rings (SSSR count). The van der Waals surface area contributed by atoms with E-state index in [1.807, 2.05) is 23.1 Å². The number of halogens is 1. The van der Waals surface area contributed by atoms with E-state index in [2.05, 4.69) is 5.32 Å². The van der Waals surface area contributed by atoms with Gasteiger partial charge in [-0.15, -0.1) is 11.3 Å². The molecule has 0 unspecified atom stereocenters. The summed E-state index contributed by atoms with van der Waals surface area (Å²) in [6.07, 6.45) is 0. The van der Waals surface area contributed by atoms with Crippen LogP contribution in [0.3, 0.4) is 0 Å². The Labute approximate surface area is 162 Å². The monoisotopic (exact) mass is 413 g/mol. The quantitative estimate of drug-likeness (QED) is 0.786. The smallest absolute Gasteiger partial charge is 0.252 e. The van der Waals surface area contributed by atoms with Gasteiger partial charge in [0.15, 0.2) is 0 Å². The van der Waals surface area contributed by atoms with Crippen molar-refractivity contribution in [3.05, 3.63) is 52.4 Å². The van der Waals surface area contributed by atoms with E-state index >= 15 is 0 Å². The molecular formula is C17H20ClN3O3S2. The van der Waals surface area contributed by atoms with Crippen molar-refractivity contribution in [3.8, 4) is 0 Å². The number of nitrogens with zero attached hydrogens (tertiary/aromatic N) is 2. The molecule has 0 bridgehead atoms. The molecule has 6 nitrogen and oxygen atoms in total. The summed E-state index contributed by atoms with van der Waals surface area (Å²) in [7, 11) is -3.41. The van der Waals surface area contributed by atoms with Crippen LogP contribution in [0.15, 0.2) is 46.0 Å². The zero-order valence-corrected chi connectivity index (χ0v) is 16.5. The number of amides is 1. The van der Waals surface area contributed by atoms with Gasteiger partial charge in [0, 0.05) is 37.7 Å². The molecule has 0 radical (unpaired) electrons. The van der Waals surface area contributed by atoms with Crippen LogP contribution in [0, 0.1) is 0 Å². The number of thiophene rings is 1. The first-order chi connectivity index (χ1) is 12.4. The summed E-state index contributed by atoms with van der Waals surface area (Å²) >= 11 is 7.15. The Morgan fingerprint density at radius 2 is 1.92 bits per heavy atom. The van der Waals surface area contributed by atoms with E-state index in [4.69, 9.17) is 11.6 Å². The van der Waals surface area contributed by atoms with Crippen molar-refractivity contribution in [2.75, 3.05) is 32.7 Å². The third kappa shape index (κ3) is 4.83. The average Bonchev–Trinajstić information content (AvgIpc) is 3.16. The van der Waals surface area contributed by atoms with Gasteiger partial charge in [0.2, 0.25) is 5.91 Å². The van der Waals surface area contributed by atoms with Crippen LogP contribution in [-0.4, -0.2) is 56.3 Å². The Morgan fingerprint density at radius 1 is 1.15 bits per heavy atom. The van der Waals surface area contributed by atoms with E-state index in [-0.39, 0.29) is 12.5 Å². The second kappa shape index (κ2) is 8.49. The van der Waals surface area contributed by atoms with Crippen molar-refractivity contribution < 1.29 is 13.2 Å². The van der Waals surface area contributed by atoms with E-state index in [1.165, 1.54) is 15.6 Å². The van der Waals surface area contributed by atoms with E-state index in [0.717, 1.165) is 5.56 Å². The molecule has 2 aromatic rings. The molecule has 1 N–H and O–H groups in total. The highest BCUT2D eigenvalue weighted by atomic mass is 35.5. The van der Waals surface area contributed by atoms with E-state index < -0.39 is 10.0 Å². The van der Waals surface area contributed by atoms with Crippen LogP contribution in [0.2, 0.25) is 5.02 Å². The van der Waals surface area contributed by atoms with Crippen LogP contribution in [-0.2, 0) is 21.4 Å². The lowest BCUT2D eigenvalue weighted by atomic mass is 10.2. The van der Waals surface area contributed by atoms with Crippen molar-refractivity contribution in [1.82, 2.24) is 14.5 Å². The number of benzene rings is 1. The number of hydrogen-bond acceptors (Lipinski definition) is 5. The van der Waals surface area contributed by atoms with E-state index in [1.54, 1.807) is 23.6 Å². The van der Waals surface area contributed by atoms with Crippen LogP contribution in [0.5, 0.6) is 0 Å². The van der Waals surface area contributed by atoms with Gasteiger partial charge in [-0.3, -0.25) is 9.69 Å². The Balaban J connectivity index is 1.46. The first-order valence-electron chi connectivity index (χ1n) is 8.22. The van der Waals surface area contributed by atoms with Gasteiger partial charge in [-0.1, -0.05) is 29.8 Å². The van der Waals surface area contributed by atoms with Gasteiger partial charge in [0.1, 0.15) is 4.21 Å². The van der Waals surface area contributed by atoms with Crippen LogP contribution in [0.1, 0.15) is 5.56 Å². The molecule has 1 saturated heterocycles. The third-order valence-corrected chi connectivity index (χ3v) is 7.67. The number of carbonyl (C=O) groups is 1. The number of nitrogens with one attached hydrogen (secondary N) is 1. The minimum atomic E-state index is -3.41. The van der Waals surface area contributed by atoms with Crippen molar-refractivity contribution in [3.63, 3.8) is 0 Å². The van der Waals surface area contributed by atoms with Crippen LogP contribution >= 0.6 is 22.9 Å². The molecule has 1 aliphatic heterocycles. The molecule has 0 aliphatic carbocycles. The summed E-state index contributed by atoms with van der Waals surface area (Å²) in [5.41, 5.74) is 0.942. The summed E-state index contributed by atoms with van der Waals surface area (Å²) in [6, 6.07) is 10.7. The summed E-state index contributed by atoms with van der Waals surface area (Å²) in [5, 5.41) is 5.26. The number of piperazine rings is 1. The topological polar surface area (TPSA) is 69.7 Å². The van der Waals surface area contributed by atoms with Crippen LogP contribution in [0.25, 0.3) is 0 Å². The van der Waals surface area contributed by atoms with Crippen molar-refractivity contribution in [2.24, 2.45) is 0 Å². The lowest BCUT2D eigenvalue weighted by Gasteiger charge is -2.33. The highest BCUT2D eigenvalue weighted by Crippen LogP contribution is 2.21. The maximum atomic E-state index is 12.5. The van der Waals surface area contributed by atoms with Crippen molar-refractivity contribution in [2.45, 2.75) is 10.8 Å². The number of carbonyl (C=O) groups excluding carboxylic acids is 1. The molecular weight excluding hydrogens is 394 g/mol. The van der Waals surface area contributed by atoms with Gasteiger partial charge in [-0.25, -0.2) is 8.42 Å². The molecule has 1 amide bonds. The maximum Gasteiger partial charge on any atom is 0.252 e.